The summed E-state index contributed by atoms with van der Waals surface area (Å²) in [6, 6.07) is 3.29. The Bertz CT molecular complexity index is 1160. The number of carbonyl (C=O) groups excluding carboxylic acids is 1. The number of rotatable bonds is 21. The standard InChI is InChI=1S/C36H55F3N2O4/c1-4-5-6-7-8-9-10-11-12-13-14-15-16-20-23-44-32-25-33(45-27(2)3)31(24-29(32)28-21-18-17-19-22-28)41-34(43)30(26-42)40-35(41)36(37,38)39/h24-28,43H,4-23H2,1-3H3. The largest absolute Gasteiger partial charge is 0.493 e. The molecular formula is C36H55F3N2O4. The van der Waals surface area contributed by atoms with Gasteiger partial charge in [-0.15, -0.1) is 0 Å². The van der Waals surface area contributed by atoms with Gasteiger partial charge < -0.3 is 14.6 Å². The van der Waals surface area contributed by atoms with Crippen LogP contribution in [0.2, 0.25) is 0 Å². The topological polar surface area (TPSA) is 73.6 Å². The highest BCUT2D eigenvalue weighted by Crippen LogP contribution is 2.45. The van der Waals surface area contributed by atoms with E-state index in [0.29, 0.717) is 16.9 Å². The molecule has 0 aliphatic heterocycles. The summed E-state index contributed by atoms with van der Waals surface area (Å²) in [5.74, 6) is -1.38. The van der Waals surface area contributed by atoms with Crippen LogP contribution in [0.15, 0.2) is 12.1 Å². The molecule has 9 heteroatoms. The van der Waals surface area contributed by atoms with Crippen LogP contribution in [-0.2, 0) is 6.18 Å². The van der Waals surface area contributed by atoms with Gasteiger partial charge in [-0.25, -0.2) is 4.98 Å². The molecule has 1 aliphatic carbocycles. The van der Waals surface area contributed by atoms with Crippen molar-refractivity contribution in [2.75, 3.05) is 6.61 Å². The molecule has 0 atom stereocenters. The Balaban J connectivity index is 1.66. The molecule has 0 unspecified atom stereocenters. The number of aromatic hydroxyl groups is 1. The van der Waals surface area contributed by atoms with Crippen LogP contribution in [0.4, 0.5) is 13.2 Å². The van der Waals surface area contributed by atoms with Crippen molar-refractivity contribution < 1.29 is 32.5 Å². The molecule has 45 heavy (non-hydrogen) atoms. The minimum absolute atomic E-state index is 0.00135. The Morgan fingerprint density at radius 2 is 1.44 bits per heavy atom. The fraction of sp³-hybridized carbons (Fsp3) is 0.722. The van der Waals surface area contributed by atoms with Crippen LogP contribution in [-0.4, -0.2) is 33.7 Å². The number of nitrogens with zero attached hydrogens (tertiary/aromatic N) is 2. The van der Waals surface area contributed by atoms with Crippen molar-refractivity contribution in [2.45, 2.75) is 161 Å². The Hall–Kier alpha value is -2.71. The lowest BCUT2D eigenvalue weighted by atomic mass is 9.83. The number of hydrogen-bond donors (Lipinski definition) is 1. The van der Waals surface area contributed by atoms with Gasteiger partial charge in [-0.3, -0.25) is 9.36 Å². The number of aldehydes is 1. The maximum absolute atomic E-state index is 14.1. The fourth-order valence-electron chi connectivity index (χ4n) is 6.35. The van der Waals surface area contributed by atoms with E-state index in [-0.39, 0.29) is 29.7 Å². The quantitative estimate of drug-likeness (QED) is 0.109. The Morgan fingerprint density at radius 3 is 1.96 bits per heavy atom. The highest BCUT2D eigenvalue weighted by Gasteiger charge is 2.40. The van der Waals surface area contributed by atoms with Gasteiger partial charge in [-0.1, -0.05) is 110 Å². The molecule has 0 saturated heterocycles. The Kier molecular flexibility index (Phi) is 15.6. The van der Waals surface area contributed by atoms with Gasteiger partial charge in [0.25, 0.3) is 0 Å². The number of hydrogen-bond acceptors (Lipinski definition) is 5. The second kappa shape index (κ2) is 19.1. The number of halogens is 3. The number of unbranched alkanes of at least 4 members (excludes halogenated alkanes) is 13. The summed E-state index contributed by atoms with van der Waals surface area (Å²) in [6.45, 7) is 6.33. The molecule has 3 rings (SSSR count). The minimum Gasteiger partial charge on any atom is -0.493 e. The number of alkyl halides is 3. The maximum atomic E-state index is 14.1. The number of carbonyl (C=O) groups is 1. The van der Waals surface area contributed by atoms with E-state index in [2.05, 4.69) is 11.9 Å². The lowest BCUT2D eigenvalue weighted by molar-refractivity contribution is -0.146. The van der Waals surface area contributed by atoms with E-state index >= 15 is 0 Å². The average Bonchev–Trinajstić information content (AvgIpc) is 3.35. The summed E-state index contributed by atoms with van der Waals surface area (Å²) in [4.78, 5) is 14.9. The third-order valence-corrected chi connectivity index (χ3v) is 8.74. The highest BCUT2D eigenvalue weighted by molar-refractivity contribution is 5.76. The number of aromatic nitrogens is 2. The second-order valence-electron chi connectivity index (χ2n) is 12.9. The van der Waals surface area contributed by atoms with Gasteiger partial charge in [0.2, 0.25) is 11.7 Å². The molecular weight excluding hydrogens is 581 g/mol. The van der Waals surface area contributed by atoms with Crippen molar-refractivity contribution in [1.29, 1.82) is 0 Å². The van der Waals surface area contributed by atoms with Crippen LogP contribution in [0.25, 0.3) is 5.69 Å². The van der Waals surface area contributed by atoms with Crippen molar-refractivity contribution in [3.63, 3.8) is 0 Å². The Morgan fingerprint density at radius 1 is 0.889 bits per heavy atom. The predicted molar refractivity (Wildman–Crippen MR) is 173 cm³/mol. The first-order valence-electron chi connectivity index (χ1n) is 17.5. The third-order valence-electron chi connectivity index (χ3n) is 8.74. The van der Waals surface area contributed by atoms with Crippen LogP contribution in [0.3, 0.4) is 0 Å². The van der Waals surface area contributed by atoms with Crippen molar-refractivity contribution in [1.82, 2.24) is 9.55 Å². The summed E-state index contributed by atoms with van der Waals surface area (Å²) < 4.78 is 55.0. The predicted octanol–water partition coefficient (Wildman–Crippen LogP) is 11.1. The zero-order valence-corrected chi connectivity index (χ0v) is 27.7. The van der Waals surface area contributed by atoms with E-state index in [0.717, 1.165) is 56.9 Å². The van der Waals surface area contributed by atoms with Crippen LogP contribution < -0.4 is 9.47 Å². The monoisotopic (exact) mass is 636 g/mol. The van der Waals surface area contributed by atoms with Crippen molar-refractivity contribution in [3.8, 4) is 23.1 Å². The molecule has 1 saturated carbocycles. The van der Waals surface area contributed by atoms with Gasteiger partial charge >= 0.3 is 6.18 Å². The van der Waals surface area contributed by atoms with E-state index in [1.165, 1.54) is 70.6 Å². The molecule has 1 fully saturated rings. The molecule has 0 bridgehead atoms. The molecule has 2 aromatic rings. The van der Waals surface area contributed by atoms with Crippen molar-refractivity contribution >= 4 is 6.29 Å². The zero-order chi connectivity index (χ0) is 32.7. The lowest BCUT2D eigenvalue weighted by Crippen LogP contribution is -2.17. The molecule has 0 spiro atoms. The van der Waals surface area contributed by atoms with Gasteiger partial charge in [-0.2, -0.15) is 13.2 Å². The summed E-state index contributed by atoms with van der Waals surface area (Å²) in [7, 11) is 0. The number of benzene rings is 1. The Labute approximate surface area is 268 Å². The molecule has 1 heterocycles. The normalized spacial score (nSPS) is 14.3. The zero-order valence-electron chi connectivity index (χ0n) is 27.7. The van der Waals surface area contributed by atoms with Gasteiger partial charge in [0.1, 0.15) is 11.5 Å². The third kappa shape index (κ3) is 11.5. The fourth-order valence-corrected chi connectivity index (χ4v) is 6.35. The first-order chi connectivity index (χ1) is 21.7. The first kappa shape index (κ1) is 36.8. The van der Waals surface area contributed by atoms with E-state index in [4.69, 9.17) is 9.47 Å². The summed E-state index contributed by atoms with van der Waals surface area (Å²) in [5, 5.41) is 10.7. The maximum Gasteiger partial charge on any atom is 0.450 e. The molecule has 0 amide bonds. The van der Waals surface area contributed by atoms with Crippen molar-refractivity contribution in [2.24, 2.45) is 0 Å². The van der Waals surface area contributed by atoms with Gasteiger partial charge in [-0.05, 0) is 50.7 Å². The summed E-state index contributed by atoms with van der Waals surface area (Å²) in [5.41, 5.74) is 0.133. The molecule has 1 aromatic carbocycles. The SMILES string of the molecule is CCCCCCCCCCCCCCCCOc1cc(OC(C)C)c(-n2c(C(F)(F)F)nc(C=O)c2O)cc1C1CCCCC1. The van der Waals surface area contributed by atoms with Crippen LogP contribution >= 0.6 is 0 Å². The molecule has 1 N–H and O–H groups in total. The molecule has 0 radical (unpaired) electrons. The van der Waals surface area contributed by atoms with E-state index in [1.807, 2.05) is 0 Å². The molecule has 1 aromatic heterocycles. The summed E-state index contributed by atoms with van der Waals surface area (Å²) in [6.07, 6.45) is 17.6. The van der Waals surface area contributed by atoms with Crippen LogP contribution in [0, 0.1) is 0 Å². The van der Waals surface area contributed by atoms with E-state index in [9.17, 15) is 23.1 Å². The first-order valence-corrected chi connectivity index (χ1v) is 17.5. The summed E-state index contributed by atoms with van der Waals surface area (Å²) >= 11 is 0. The second-order valence-corrected chi connectivity index (χ2v) is 12.9. The van der Waals surface area contributed by atoms with Gasteiger partial charge in [0.15, 0.2) is 12.0 Å². The van der Waals surface area contributed by atoms with Crippen molar-refractivity contribution in [3.05, 3.63) is 29.2 Å². The van der Waals surface area contributed by atoms with Gasteiger partial charge in [0.05, 0.1) is 18.4 Å². The number of imidazole rings is 1. The van der Waals surface area contributed by atoms with Crippen LogP contribution in [0.1, 0.15) is 171 Å². The average molecular weight is 637 g/mol. The smallest absolute Gasteiger partial charge is 0.450 e. The minimum atomic E-state index is -4.90. The van der Waals surface area contributed by atoms with E-state index < -0.39 is 23.6 Å². The lowest BCUT2D eigenvalue weighted by Gasteiger charge is -2.27. The highest BCUT2D eigenvalue weighted by atomic mass is 19.4. The molecule has 1 aliphatic rings. The van der Waals surface area contributed by atoms with Gasteiger partial charge in [0, 0.05) is 6.07 Å². The molecule has 254 valence electrons. The number of ether oxygens (including phenoxy) is 2. The molecule has 6 nitrogen and oxygen atoms in total. The van der Waals surface area contributed by atoms with Crippen LogP contribution in [0.5, 0.6) is 17.4 Å². The van der Waals surface area contributed by atoms with E-state index in [1.54, 1.807) is 26.0 Å².